The number of aryl methyl sites for hydroxylation is 1. The SMILES string of the molecule is Cc1ccc(NC(=O)CC(C)C)c(-c2ccccc2)c1. The Kier molecular flexibility index (Phi) is 4.57. The summed E-state index contributed by atoms with van der Waals surface area (Å²) in [5.41, 5.74) is 4.26. The summed E-state index contributed by atoms with van der Waals surface area (Å²) >= 11 is 0. The minimum atomic E-state index is 0.0704. The maximum absolute atomic E-state index is 12.0. The number of carbonyl (C=O) groups excluding carboxylic acids is 1. The van der Waals surface area contributed by atoms with Crippen molar-refractivity contribution in [3.05, 3.63) is 54.1 Å². The third-order valence-electron chi connectivity index (χ3n) is 3.13. The van der Waals surface area contributed by atoms with Crippen molar-refractivity contribution in [2.24, 2.45) is 5.92 Å². The summed E-state index contributed by atoms with van der Waals surface area (Å²) in [5.74, 6) is 0.432. The van der Waals surface area contributed by atoms with Gasteiger partial charge in [0.1, 0.15) is 0 Å². The van der Waals surface area contributed by atoms with Crippen LogP contribution in [-0.4, -0.2) is 5.91 Å². The summed E-state index contributed by atoms with van der Waals surface area (Å²) < 4.78 is 0. The number of rotatable bonds is 4. The minimum absolute atomic E-state index is 0.0704. The fourth-order valence-electron chi connectivity index (χ4n) is 2.20. The van der Waals surface area contributed by atoms with Crippen LogP contribution >= 0.6 is 0 Å². The highest BCUT2D eigenvalue weighted by Crippen LogP contribution is 2.29. The number of anilines is 1. The van der Waals surface area contributed by atoms with Crippen LogP contribution < -0.4 is 5.32 Å². The zero-order valence-corrected chi connectivity index (χ0v) is 12.3. The van der Waals surface area contributed by atoms with Crippen molar-refractivity contribution in [1.82, 2.24) is 0 Å². The molecule has 104 valence electrons. The van der Waals surface area contributed by atoms with Gasteiger partial charge in [0.15, 0.2) is 0 Å². The molecule has 2 rings (SSSR count). The van der Waals surface area contributed by atoms with E-state index in [9.17, 15) is 4.79 Å². The number of benzene rings is 2. The molecule has 0 aliphatic carbocycles. The summed E-state index contributed by atoms with van der Waals surface area (Å²) in [6.45, 7) is 6.16. The molecule has 0 heterocycles. The molecule has 2 aromatic carbocycles. The Balaban J connectivity index is 2.32. The molecule has 0 aliphatic rings. The highest BCUT2D eigenvalue weighted by atomic mass is 16.1. The summed E-state index contributed by atoms with van der Waals surface area (Å²) in [6, 6.07) is 16.3. The van der Waals surface area contributed by atoms with Gasteiger partial charge in [-0.05, 0) is 30.5 Å². The Bertz CT molecular complexity index is 588. The van der Waals surface area contributed by atoms with Crippen molar-refractivity contribution in [2.45, 2.75) is 27.2 Å². The van der Waals surface area contributed by atoms with E-state index in [2.05, 4.69) is 30.4 Å². The van der Waals surface area contributed by atoms with E-state index in [1.807, 2.05) is 44.2 Å². The normalized spacial score (nSPS) is 10.6. The predicted molar refractivity (Wildman–Crippen MR) is 84.7 cm³/mol. The lowest BCUT2D eigenvalue weighted by molar-refractivity contribution is -0.116. The van der Waals surface area contributed by atoms with E-state index in [1.165, 1.54) is 5.56 Å². The second kappa shape index (κ2) is 6.38. The molecule has 0 atom stereocenters. The maximum Gasteiger partial charge on any atom is 0.224 e. The number of hydrogen-bond acceptors (Lipinski definition) is 1. The summed E-state index contributed by atoms with van der Waals surface area (Å²) in [5, 5.41) is 3.03. The van der Waals surface area contributed by atoms with Crippen molar-refractivity contribution in [3.63, 3.8) is 0 Å². The maximum atomic E-state index is 12.0. The molecule has 0 spiro atoms. The van der Waals surface area contributed by atoms with Gasteiger partial charge in [-0.1, -0.05) is 55.8 Å². The van der Waals surface area contributed by atoms with Crippen LogP contribution in [0.1, 0.15) is 25.8 Å². The molecule has 0 fully saturated rings. The lowest BCUT2D eigenvalue weighted by atomic mass is 10.0. The second-order valence-electron chi connectivity index (χ2n) is 5.56. The van der Waals surface area contributed by atoms with Gasteiger partial charge in [-0.2, -0.15) is 0 Å². The van der Waals surface area contributed by atoms with Crippen LogP contribution in [0.15, 0.2) is 48.5 Å². The van der Waals surface area contributed by atoms with Crippen molar-refractivity contribution in [3.8, 4) is 11.1 Å². The van der Waals surface area contributed by atoms with Gasteiger partial charge in [-0.3, -0.25) is 4.79 Å². The van der Waals surface area contributed by atoms with E-state index < -0.39 is 0 Å². The molecule has 0 saturated carbocycles. The highest BCUT2D eigenvalue weighted by Gasteiger charge is 2.10. The van der Waals surface area contributed by atoms with E-state index in [4.69, 9.17) is 0 Å². The lowest BCUT2D eigenvalue weighted by Crippen LogP contribution is -2.14. The molecule has 2 aromatic rings. The second-order valence-corrected chi connectivity index (χ2v) is 5.56. The minimum Gasteiger partial charge on any atom is -0.326 e. The zero-order valence-electron chi connectivity index (χ0n) is 12.3. The first-order valence-electron chi connectivity index (χ1n) is 7.02. The molecule has 0 bridgehead atoms. The van der Waals surface area contributed by atoms with Gasteiger partial charge >= 0.3 is 0 Å². The van der Waals surface area contributed by atoms with Crippen LogP contribution in [0.2, 0.25) is 0 Å². The quantitative estimate of drug-likeness (QED) is 0.858. The van der Waals surface area contributed by atoms with Crippen LogP contribution in [0.25, 0.3) is 11.1 Å². The fraction of sp³-hybridized carbons (Fsp3) is 0.278. The Morgan fingerprint density at radius 3 is 2.45 bits per heavy atom. The van der Waals surface area contributed by atoms with Gasteiger partial charge in [0.05, 0.1) is 0 Å². The van der Waals surface area contributed by atoms with Gasteiger partial charge in [0, 0.05) is 17.7 Å². The van der Waals surface area contributed by atoms with Crippen LogP contribution in [0.4, 0.5) is 5.69 Å². The average Bonchev–Trinajstić information content (AvgIpc) is 2.41. The summed E-state index contributed by atoms with van der Waals surface area (Å²) in [6.07, 6.45) is 0.544. The first-order chi connectivity index (χ1) is 9.56. The molecular weight excluding hydrogens is 246 g/mol. The molecule has 0 unspecified atom stereocenters. The number of nitrogens with one attached hydrogen (secondary N) is 1. The lowest BCUT2D eigenvalue weighted by Gasteiger charge is -2.13. The Morgan fingerprint density at radius 1 is 1.10 bits per heavy atom. The smallest absolute Gasteiger partial charge is 0.224 e. The van der Waals surface area contributed by atoms with E-state index in [0.29, 0.717) is 12.3 Å². The van der Waals surface area contributed by atoms with Gasteiger partial charge in [0.2, 0.25) is 5.91 Å². The molecule has 1 amide bonds. The number of hydrogen-bond donors (Lipinski definition) is 1. The van der Waals surface area contributed by atoms with Crippen LogP contribution in [0.5, 0.6) is 0 Å². The molecule has 0 aliphatic heterocycles. The van der Waals surface area contributed by atoms with E-state index in [-0.39, 0.29) is 5.91 Å². The molecule has 20 heavy (non-hydrogen) atoms. The molecule has 2 heteroatoms. The summed E-state index contributed by atoms with van der Waals surface area (Å²) in [7, 11) is 0. The molecule has 1 N–H and O–H groups in total. The molecule has 0 saturated heterocycles. The standard InChI is InChI=1S/C18H21NO/c1-13(2)11-18(20)19-17-10-9-14(3)12-16(17)15-7-5-4-6-8-15/h4-10,12-13H,11H2,1-3H3,(H,19,20). The van der Waals surface area contributed by atoms with Gasteiger partial charge < -0.3 is 5.32 Å². The van der Waals surface area contributed by atoms with E-state index in [1.54, 1.807) is 0 Å². The zero-order chi connectivity index (χ0) is 14.5. The molecule has 0 radical (unpaired) electrons. The van der Waals surface area contributed by atoms with Crippen molar-refractivity contribution < 1.29 is 4.79 Å². The van der Waals surface area contributed by atoms with Gasteiger partial charge in [-0.25, -0.2) is 0 Å². The average molecular weight is 267 g/mol. The molecule has 2 nitrogen and oxygen atoms in total. The van der Waals surface area contributed by atoms with Gasteiger partial charge in [0.25, 0.3) is 0 Å². The van der Waals surface area contributed by atoms with Crippen molar-refractivity contribution in [1.29, 1.82) is 0 Å². The van der Waals surface area contributed by atoms with Gasteiger partial charge in [-0.15, -0.1) is 0 Å². The summed E-state index contributed by atoms with van der Waals surface area (Å²) in [4.78, 5) is 12.0. The van der Waals surface area contributed by atoms with E-state index >= 15 is 0 Å². The number of carbonyl (C=O) groups is 1. The van der Waals surface area contributed by atoms with Crippen molar-refractivity contribution >= 4 is 11.6 Å². The monoisotopic (exact) mass is 267 g/mol. The van der Waals surface area contributed by atoms with Crippen molar-refractivity contribution in [2.75, 3.05) is 5.32 Å². The first kappa shape index (κ1) is 14.3. The topological polar surface area (TPSA) is 29.1 Å². The van der Waals surface area contributed by atoms with Crippen LogP contribution in [-0.2, 0) is 4.79 Å². The Hall–Kier alpha value is -2.09. The Labute approximate surface area is 120 Å². The largest absolute Gasteiger partial charge is 0.326 e. The molecule has 0 aromatic heterocycles. The fourth-order valence-corrected chi connectivity index (χ4v) is 2.20. The number of amides is 1. The first-order valence-corrected chi connectivity index (χ1v) is 7.02. The third kappa shape index (κ3) is 3.70. The van der Waals surface area contributed by atoms with Crippen LogP contribution in [0, 0.1) is 12.8 Å². The predicted octanol–water partition coefficient (Wildman–Crippen LogP) is 4.65. The third-order valence-corrected chi connectivity index (χ3v) is 3.13. The van der Waals surface area contributed by atoms with E-state index in [0.717, 1.165) is 16.8 Å². The highest BCUT2D eigenvalue weighted by molar-refractivity contribution is 5.95. The Morgan fingerprint density at radius 2 is 1.80 bits per heavy atom. The van der Waals surface area contributed by atoms with Crippen LogP contribution in [0.3, 0.4) is 0 Å². The molecular formula is C18H21NO.